The Morgan fingerprint density at radius 3 is 2.82 bits per heavy atom. The normalized spacial score (nSPS) is 26.2. The van der Waals surface area contributed by atoms with Gasteiger partial charge in [-0.1, -0.05) is 0 Å². The fraction of sp³-hybridized carbons (Fsp3) is 1.00. The van der Waals surface area contributed by atoms with E-state index in [0.29, 0.717) is 0 Å². The third-order valence-corrected chi connectivity index (χ3v) is 2.46. The van der Waals surface area contributed by atoms with Gasteiger partial charge in [-0.2, -0.15) is 0 Å². The first kappa shape index (κ1) is 11.5. The van der Waals surface area contributed by atoms with Crippen LogP contribution in [-0.4, -0.2) is 30.9 Å². The van der Waals surface area contributed by atoms with Crippen LogP contribution in [0.2, 0.25) is 0 Å². The Bertz CT molecular complexity index is 96.1. The lowest BCUT2D eigenvalue weighted by Gasteiger charge is -2.29. The van der Waals surface area contributed by atoms with Gasteiger partial charge in [-0.05, 0) is 38.8 Å². The molecule has 0 aromatic carbocycles. The van der Waals surface area contributed by atoms with Crippen molar-refractivity contribution in [3.8, 4) is 0 Å². The van der Waals surface area contributed by atoms with Gasteiger partial charge in [-0.3, -0.25) is 0 Å². The summed E-state index contributed by atoms with van der Waals surface area (Å²) in [6.45, 7) is 2.53. The number of likely N-dealkylation sites (tertiary alicyclic amines) is 1. The number of hydrogen-bond donors (Lipinski definition) is 0. The Kier molecular flexibility index (Phi) is 6.40. The molecule has 1 rings (SSSR count). The van der Waals surface area contributed by atoms with E-state index in [2.05, 4.69) is 11.9 Å². The molecule has 1 atom stereocenters. The van der Waals surface area contributed by atoms with Crippen LogP contribution in [0.25, 0.3) is 0 Å². The molecule has 1 saturated heterocycles. The minimum absolute atomic E-state index is 0. The van der Waals surface area contributed by atoms with Crippen LogP contribution in [0.4, 0.5) is 0 Å². The summed E-state index contributed by atoms with van der Waals surface area (Å²) >= 11 is 5.66. The molecule has 1 fully saturated rings. The molecule has 0 aromatic rings. The number of piperidine rings is 1. The molecule has 0 saturated carbocycles. The van der Waals surface area contributed by atoms with Gasteiger partial charge in [-0.25, -0.2) is 0 Å². The summed E-state index contributed by atoms with van der Waals surface area (Å²) in [6.07, 6.45) is 3.95. The van der Waals surface area contributed by atoms with E-state index in [4.69, 9.17) is 11.6 Å². The molecule has 0 aliphatic carbocycles. The lowest BCUT2D eigenvalue weighted by molar-refractivity contribution is 0.207. The first-order valence-electron chi connectivity index (χ1n) is 4.07. The predicted octanol–water partition coefficient (Wildman–Crippen LogP) is 2.38. The summed E-state index contributed by atoms with van der Waals surface area (Å²) in [4.78, 5) is 2.40. The number of hydrogen-bond acceptors (Lipinski definition) is 1. The maximum atomic E-state index is 5.66. The Morgan fingerprint density at radius 2 is 2.27 bits per heavy atom. The molecule has 1 heterocycles. The van der Waals surface area contributed by atoms with E-state index in [1.165, 1.54) is 32.4 Å². The zero-order valence-electron chi connectivity index (χ0n) is 7.05. The van der Waals surface area contributed by atoms with Gasteiger partial charge in [0.15, 0.2) is 0 Å². The van der Waals surface area contributed by atoms with Gasteiger partial charge in [0.05, 0.1) is 0 Å². The van der Waals surface area contributed by atoms with Crippen molar-refractivity contribution in [2.75, 3.05) is 26.0 Å². The smallest absolute Gasteiger partial charge is 0.0226 e. The maximum Gasteiger partial charge on any atom is 0.0226 e. The highest BCUT2D eigenvalue weighted by molar-refractivity contribution is 6.17. The van der Waals surface area contributed by atoms with Gasteiger partial charge in [-0.15, -0.1) is 24.0 Å². The van der Waals surface area contributed by atoms with Crippen LogP contribution in [0, 0.1) is 5.92 Å². The first-order valence-corrected chi connectivity index (χ1v) is 4.61. The number of rotatable bonds is 2. The second-order valence-corrected chi connectivity index (χ2v) is 3.63. The van der Waals surface area contributed by atoms with Gasteiger partial charge in [0.25, 0.3) is 0 Å². The Balaban J connectivity index is 0.000001000. The average Bonchev–Trinajstić information content (AvgIpc) is 1.88. The van der Waals surface area contributed by atoms with Gasteiger partial charge < -0.3 is 4.90 Å². The Hall–Kier alpha value is 0.540. The van der Waals surface area contributed by atoms with Crippen molar-refractivity contribution < 1.29 is 0 Å². The van der Waals surface area contributed by atoms with E-state index < -0.39 is 0 Å². The zero-order chi connectivity index (χ0) is 7.40. The van der Waals surface area contributed by atoms with Crippen LogP contribution < -0.4 is 0 Å². The van der Waals surface area contributed by atoms with Crippen molar-refractivity contribution in [3.05, 3.63) is 0 Å². The molecule has 11 heavy (non-hydrogen) atoms. The lowest BCUT2D eigenvalue weighted by Crippen LogP contribution is -2.32. The van der Waals surface area contributed by atoms with Gasteiger partial charge in [0.2, 0.25) is 0 Å². The third kappa shape index (κ3) is 4.19. The van der Waals surface area contributed by atoms with Crippen LogP contribution in [0.5, 0.6) is 0 Å². The number of nitrogens with zero attached hydrogens (tertiary/aromatic N) is 1. The second kappa shape index (κ2) is 6.10. The minimum atomic E-state index is 0. The number of halogens is 2. The molecule has 3 heteroatoms. The molecular formula is C8H17Cl2N. The summed E-state index contributed by atoms with van der Waals surface area (Å²) in [5.74, 6) is 1.70. The molecule has 0 radical (unpaired) electrons. The highest BCUT2D eigenvalue weighted by Crippen LogP contribution is 2.18. The van der Waals surface area contributed by atoms with Crippen LogP contribution in [0.15, 0.2) is 0 Å². The highest BCUT2D eigenvalue weighted by atomic mass is 35.5. The van der Waals surface area contributed by atoms with Crippen molar-refractivity contribution in [1.82, 2.24) is 4.90 Å². The summed E-state index contributed by atoms with van der Waals surface area (Å²) < 4.78 is 0. The molecule has 0 bridgehead atoms. The summed E-state index contributed by atoms with van der Waals surface area (Å²) in [7, 11) is 2.19. The van der Waals surface area contributed by atoms with Crippen molar-refractivity contribution in [1.29, 1.82) is 0 Å². The molecule has 0 N–H and O–H groups in total. The molecule has 1 unspecified atom stereocenters. The van der Waals surface area contributed by atoms with Gasteiger partial charge in [0.1, 0.15) is 0 Å². The molecule has 0 amide bonds. The average molecular weight is 198 g/mol. The van der Waals surface area contributed by atoms with E-state index in [-0.39, 0.29) is 12.4 Å². The van der Waals surface area contributed by atoms with Crippen molar-refractivity contribution in [3.63, 3.8) is 0 Å². The number of alkyl halides is 1. The van der Waals surface area contributed by atoms with Crippen molar-refractivity contribution >= 4 is 24.0 Å². The zero-order valence-corrected chi connectivity index (χ0v) is 8.63. The van der Waals surface area contributed by atoms with Crippen LogP contribution >= 0.6 is 24.0 Å². The highest BCUT2D eigenvalue weighted by Gasteiger charge is 2.15. The topological polar surface area (TPSA) is 3.24 Å². The summed E-state index contributed by atoms with van der Waals surface area (Å²) in [5.41, 5.74) is 0. The largest absolute Gasteiger partial charge is 0.306 e. The molecule has 0 aromatic heterocycles. The van der Waals surface area contributed by atoms with Crippen LogP contribution in [-0.2, 0) is 0 Å². The monoisotopic (exact) mass is 197 g/mol. The van der Waals surface area contributed by atoms with Gasteiger partial charge >= 0.3 is 0 Å². The summed E-state index contributed by atoms with van der Waals surface area (Å²) in [6, 6.07) is 0. The quantitative estimate of drug-likeness (QED) is 0.616. The van der Waals surface area contributed by atoms with E-state index >= 15 is 0 Å². The molecule has 0 spiro atoms. The van der Waals surface area contributed by atoms with E-state index in [0.717, 1.165) is 11.8 Å². The molecule has 1 nitrogen and oxygen atoms in total. The molecule has 1 aliphatic rings. The van der Waals surface area contributed by atoms with Crippen LogP contribution in [0.1, 0.15) is 19.3 Å². The molecule has 1 aliphatic heterocycles. The Morgan fingerprint density at radius 1 is 1.55 bits per heavy atom. The minimum Gasteiger partial charge on any atom is -0.306 e. The van der Waals surface area contributed by atoms with Crippen LogP contribution in [0.3, 0.4) is 0 Å². The van der Waals surface area contributed by atoms with Crippen molar-refractivity contribution in [2.45, 2.75) is 19.3 Å². The molecule has 68 valence electrons. The fourth-order valence-corrected chi connectivity index (χ4v) is 1.97. The van der Waals surface area contributed by atoms with E-state index in [1.807, 2.05) is 0 Å². The second-order valence-electron chi connectivity index (χ2n) is 3.25. The summed E-state index contributed by atoms with van der Waals surface area (Å²) in [5, 5.41) is 0. The fourth-order valence-electron chi connectivity index (χ4n) is 1.66. The van der Waals surface area contributed by atoms with E-state index in [1.54, 1.807) is 0 Å². The van der Waals surface area contributed by atoms with Crippen molar-refractivity contribution in [2.24, 2.45) is 5.92 Å². The third-order valence-electron chi connectivity index (χ3n) is 2.24. The SMILES string of the molecule is CN1CCCC(CCCl)C1.Cl. The first-order chi connectivity index (χ1) is 4.83. The van der Waals surface area contributed by atoms with Gasteiger partial charge in [0, 0.05) is 12.4 Å². The van der Waals surface area contributed by atoms with E-state index in [9.17, 15) is 0 Å². The standard InChI is InChI=1S/C8H16ClN.ClH/c1-10-6-2-3-8(7-10)4-5-9;/h8H,2-7H2,1H3;1H. The Labute approximate surface area is 80.5 Å². The lowest BCUT2D eigenvalue weighted by atomic mass is 9.96. The maximum absolute atomic E-state index is 5.66. The molecular weight excluding hydrogens is 181 g/mol. The predicted molar refractivity (Wildman–Crippen MR) is 52.8 cm³/mol.